The maximum atomic E-state index is 5.08. The first kappa shape index (κ1) is 17.2. The van der Waals surface area contributed by atoms with E-state index in [4.69, 9.17) is 4.74 Å². The number of rotatable bonds is 8. The van der Waals surface area contributed by atoms with Gasteiger partial charge in [0.05, 0.1) is 0 Å². The van der Waals surface area contributed by atoms with Crippen LogP contribution in [0.4, 0.5) is 5.82 Å². The summed E-state index contributed by atoms with van der Waals surface area (Å²) in [6, 6.07) is 2.04. The Kier molecular flexibility index (Phi) is 7.30. The number of nitrogens with zero attached hydrogens (tertiary/aromatic N) is 2. The molecule has 0 spiro atoms. The van der Waals surface area contributed by atoms with Crippen molar-refractivity contribution in [3.8, 4) is 0 Å². The molecule has 1 N–H and O–H groups in total. The van der Waals surface area contributed by atoms with E-state index in [0.717, 1.165) is 48.4 Å². The minimum absolute atomic E-state index is 0.0360. The van der Waals surface area contributed by atoms with E-state index >= 15 is 0 Å². The molecule has 0 aliphatic carbocycles. The van der Waals surface area contributed by atoms with Gasteiger partial charge in [-0.25, -0.2) is 9.97 Å². The number of aromatic nitrogens is 2. The molecule has 0 aromatic carbocycles. The summed E-state index contributed by atoms with van der Waals surface area (Å²) in [5.41, 5.74) is -0.0360. The highest BCUT2D eigenvalue weighted by Gasteiger charge is 2.19. The molecule has 5 heteroatoms. The van der Waals surface area contributed by atoms with E-state index in [1.165, 1.54) is 0 Å². The predicted molar refractivity (Wildman–Crippen MR) is 86.7 cm³/mol. The van der Waals surface area contributed by atoms with Gasteiger partial charge in [-0.2, -0.15) is 0 Å². The molecule has 114 valence electrons. The summed E-state index contributed by atoms with van der Waals surface area (Å²) in [6.45, 7) is 10.3. The zero-order chi connectivity index (χ0) is 15.0. The number of thioether (sulfide) groups is 1. The van der Waals surface area contributed by atoms with Gasteiger partial charge < -0.3 is 10.1 Å². The average molecular weight is 297 g/mol. The topological polar surface area (TPSA) is 47.0 Å². The van der Waals surface area contributed by atoms with Crippen molar-refractivity contribution < 1.29 is 4.74 Å². The molecular formula is C15H27N3OS. The lowest BCUT2D eigenvalue weighted by molar-refractivity contribution is 0.200. The Morgan fingerprint density at radius 3 is 2.65 bits per heavy atom. The van der Waals surface area contributed by atoms with Gasteiger partial charge in [0.25, 0.3) is 0 Å². The van der Waals surface area contributed by atoms with Gasteiger partial charge in [0.2, 0.25) is 0 Å². The van der Waals surface area contributed by atoms with Crippen LogP contribution in [0.25, 0.3) is 0 Å². The van der Waals surface area contributed by atoms with Crippen molar-refractivity contribution in [2.45, 2.75) is 51.0 Å². The summed E-state index contributed by atoms with van der Waals surface area (Å²) in [4.78, 5) is 9.31. The Morgan fingerprint density at radius 1 is 1.30 bits per heavy atom. The summed E-state index contributed by atoms with van der Waals surface area (Å²) in [5.74, 6) is 2.84. The molecule has 0 saturated carbocycles. The summed E-state index contributed by atoms with van der Waals surface area (Å²) in [5, 5.41) is 4.40. The van der Waals surface area contributed by atoms with Crippen LogP contribution in [0, 0.1) is 0 Å². The van der Waals surface area contributed by atoms with Crippen molar-refractivity contribution >= 4 is 17.6 Å². The Labute approximate surface area is 127 Å². The van der Waals surface area contributed by atoms with E-state index in [9.17, 15) is 0 Å². The quantitative estimate of drug-likeness (QED) is 0.450. The number of hydrogen-bond donors (Lipinski definition) is 1. The van der Waals surface area contributed by atoms with Crippen molar-refractivity contribution in [3.63, 3.8) is 0 Å². The van der Waals surface area contributed by atoms with E-state index in [1.807, 2.05) is 6.07 Å². The van der Waals surface area contributed by atoms with Crippen LogP contribution in [0.5, 0.6) is 0 Å². The predicted octanol–water partition coefficient (Wildman–Crippen LogP) is 3.72. The molecule has 20 heavy (non-hydrogen) atoms. The number of hydrogen-bond acceptors (Lipinski definition) is 5. The van der Waals surface area contributed by atoms with Crippen molar-refractivity contribution in [3.05, 3.63) is 11.9 Å². The van der Waals surface area contributed by atoms with E-state index in [0.29, 0.717) is 0 Å². The number of ether oxygens (including phenoxy) is 1. The Bertz CT molecular complexity index is 405. The van der Waals surface area contributed by atoms with Gasteiger partial charge in [-0.1, -0.05) is 27.7 Å². The third kappa shape index (κ3) is 6.09. The zero-order valence-corrected chi connectivity index (χ0v) is 14.1. The molecule has 0 atom stereocenters. The minimum atomic E-state index is -0.0360. The lowest BCUT2D eigenvalue weighted by Gasteiger charge is -2.18. The molecule has 0 fully saturated rings. The minimum Gasteiger partial charge on any atom is -0.385 e. The van der Waals surface area contributed by atoms with Gasteiger partial charge >= 0.3 is 0 Å². The van der Waals surface area contributed by atoms with E-state index in [1.54, 1.807) is 18.9 Å². The molecule has 0 aliphatic heterocycles. The molecule has 0 bridgehead atoms. The molecule has 0 radical (unpaired) electrons. The first-order valence-electron chi connectivity index (χ1n) is 7.22. The first-order chi connectivity index (χ1) is 9.47. The van der Waals surface area contributed by atoms with E-state index in [-0.39, 0.29) is 5.41 Å². The highest BCUT2D eigenvalue weighted by Crippen LogP contribution is 2.25. The summed E-state index contributed by atoms with van der Waals surface area (Å²) in [6.07, 6.45) is 2.12. The first-order valence-corrected chi connectivity index (χ1v) is 8.21. The van der Waals surface area contributed by atoms with Crippen LogP contribution in [-0.4, -0.2) is 36.0 Å². The second-order valence-corrected chi connectivity index (χ2v) is 6.90. The monoisotopic (exact) mass is 297 g/mol. The van der Waals surface area contributed by atoms with Gasteiger partial charge in [0.1, 0.15) is 16.7 Å². The number of methoxy groups -OCH3 is 1. The van der Waals surface area contributed by atoms with Crippen LogP contribution in [0.1, 0.15) is 46.4 Å². The third-order valence-corrected chi connectivity index (χ3v) is 3.67. The molecule has 0 saturated heterocycles. The lowest BCUT2D eigenvalue weighted by Crippen LogP contribution is -2.18. The fraction of sp³-hybridized carbons (Fsp3) is 0.733. The maximum Gasteiger partial charge on any atom is 0.137 e. The van der Waals surface area contributed by atoms with Crippen molar-refractivity contribution in [1.29, 1.82) is 0 Å². The second-order valence-electron chi connectivity index (χ2n) is 5.79. The van der Waals surface area contributed by atoms with Crippen LogP contribution >= 0.6 is 11.8 Å². The van der Waals surface area contributed by atoms with Crippen molar-refractivity contribution in [1.82, 2.24) is 9.97 Å². The average Bonchev–Trinajstić information content (AvgIpc) is 2.40. The smallest absolute Gasteiger partial charge is 0.137 e. The second kappa shape index (κ2) is 8.47. The highest BCUT2D eigenvalue weighted by atomic mass is 32.2. The van der Waals surface area contributed by atoms with Crippen molar-refractivity contribution in [2.24, 2.45) is 0 Å². The standard InChI is InChI=1S/C15H27N3OS/c1-6-8-16-12-11-13(20-10-7-9-19-5)18-14(17-12)15(2,3)4/h11H,6-10H2,1-5H3,(H,16,17,18). The molecule has 1 aromatic rings. The summed E-state index contributed by atoms with van der Waals surface area (Å²) < 4.78 is 5.08. The fourth-order valence-electron chi connectivity index (χ4n) is 1.56. The SMILES string of the molecule is CCCNc1cc(SCCCOC)nc(C(C)(C)C)n1. The molecule has 0 unspecified atom stereocenters. The van der Waals surface area contributed by atoms with Gasteiger partial charge in [-0.05, 0) is 12.8 Å². The molecular weight excluding hydrogens is 270 g/mol. The number of anilines is 1. The van der Waals surface area contributed by atoms with Gasteiger partial charge in [0, 0.05) is 37.5 Å². The molecule has 0 amide bonds. The molecule has 1 rings (SSSR count). The van der Waals surface area contributed by atoms with Gasteiger partial charge in [-0.3, -0.25) is 0 Å². The lowest BCUT2D eigenvalue weighted by atomic mass is 9.96. The third-order valence-electron chi connectivity index (χ3n) is 2.67. The Morgan fingerprint density at radius 2 is 2.05 bits per heavy atom. The normalized spacial score (nSPS) is 11.7. The molecule has 4 nitrogen and oxygen atoms in total. The largest absolute Gasteiger partial charge is 0.385 e. The van der Waals surface area contributed by atoms with Crippen LogP contribution in [0.15, 0.2) is 11.1 Å². The summed E-state index contributed by atoms with van der Waals surface area (Å²) in [7, 11) is 1.74. The zero-order valence-electron chi connectivity index (χ0n) is 13.3. The van der Waals surface area contributed by atoms with Crippen LogP contribution in [0.2, 0.25) is 0 Å². The number of nitrogens with one attached hydrogen (secondary N) is 1. The highest BCUT2D eigenvalue weighted by molar-refractivity contribution is 7.99. The van der Waals surface area contributed by atoms with E-state index in [2.05, 4.69) is 43.0 Å². The summed E-state index contributed by atoms with van der Waals surface area (Å²) >= 11 is 1.77. The molecule has 0 aliphatic rings. The molecule has 1 heterocycles. The van der Waals surface area contributed by atoms with Crippen LogP contribution in [0.3, 0.4) is 0 Å². The van der Waals surface area contributed by atoms with Gasteiger partial charge in [-0.15, -0.1) is 11.8 Å². The Hall–Kier alpha value is -0.810. The van der Waals surface area contributed by atoms with E-state index < -0.39 is 0 Å². The fourth-order valence-corrected chi connectivity index (χ4v) is 2.38. The Balaban J connectivity index is 2.80. The maximum absolute atomic E-state index is 5.08. The van der Waals surface area contributed by atoms with Crippen molar-refractivity contribution in [2.75, 3.05) is 31.3 Å². The molecule has 1 aromatic heterocycles. The van der Waals surface area contributed by atoms with Gasteiger partial charge in [0.15, 0.2) is 0 Å². The van der Waals surface area contributed by atoms with Crippen LogP contribution in [-0.2, 0) is 10.2 Å². The van der Waals surface area contributed by atoms with Crippen LogP contribution < -0.4 is 5.32 Å².